The van der Waals surface area contributed by atoms with Crippen molar-refractivity contribution in [1.82, 2.24) is 10.3 Å². The average molecular weight is 212 g/mol. The lowest BCUT2D eigenvalue weighted by Crippen LogP contribution is -2.22. The Kier molecular flexibility index (Phi) is 2.54. The minimum Gasteiger partial charge on any atom is -0.379 e. The van der Waals surface area contributed by atoms with Crippen molar-refractivity contribution in [1.29, 1.82) is 0 Å². The Morgan fingerprint density at radius 2 is 2.50 bits per heavy atom. The molecule has 1 fully saturated rings. The van der Waals surface area contributed by atoms with Crippen LogP contribution < -0.4 is 10.6 Å². The molecule has 14 heavy (non-hydrogen) atoms. The van der Waals surface area contributed by atoms with Gasteiger partial charge >= 0.3 is 0 Å². The lowest BCUT2D eigenvalue weighted by atomic mass is 10.2. The molecule has 1 unspecified atom stereocenters. The zero-order valence-electron chi connectivity index (χ0n) is 7.46. The number of amides is 1. The smallest absolute Gasteiger partial charge is 0.222 e. The second-order valence-corrected chi connectivity index (χ2v) is 3.61. The maximum atomic E-state index is 10.9. The lowest BCUT2D eigenvalue weighted by molar-refractivity contribution is -0.119. The number of anilines is 1. The van der Waals surface area contributed by atoms with E-state index in [2.05, 4.69) is 15.6 Å². The van der Waals surface area contributed by atoms with E-state index < -0.39 is 0 Å². The van der Waals surface area contributed by atoms with Crippen LogP contribution in [0.2, 0.25) is 5.02 Å². The van der Waals surface area contributed by atoms with Crippen LogP contribution in [0.25, 0.3) is 0 Å². The molecule has 0 spiro atoms. The van der Waals surface area contributed by atoms with Crippen molar-refractivity contribution in [2.75, 3.05) is 11.9 Å². The summed E-state index contributed by atoms with van der Waals surface area (Å²) in [5, 5.41) is 6.51. The third kappa shape index (κ3) is 1.96. The number of nitrogens with zero attached hydrogens (tertiary/aromatic N) is 1. The molecule has 74 valence electrons. The van der Waals surface area contributed by atoms with E-state index in [0.29, 0.717) is 18.0 Å². The van der Waals surface area contributed by atoms with E-state index in [-0.39, 0.29) is 11.9 Å². The second kappa shape index (κ2) is 3.84. The summed E-state index contributed by atoms with van der Waals surface area (Å²) in [6.45, 7) is 0.650. The van der Waals surface area contributed by atoms with Gasteiger partial charge in [-0.1, -0.05) is 11.6 Å². The van der Waals surface area contributed by atoms with Crippen molar-refractivity contribution < 1.29 is 4.79 Å². The fourth-order valence-electron chi connectivity index (χ4n) is 1.42. The molecule has 1 aromatic heterocycles. The molecular weight excluding hydrogens is 202 g/mol. The van der Waals surface area contributed by atoms with Gasteiger partial charge in [0.15, 0.2) is 0 Å². The fraction of sp³-hybridized carbons (Fsp3) is 0.333. The normalized spacial score (nSPS) is 20.6. The zero-order chi connectivity index (χ0) is 9.97. The van der Waals surface area contributed by atoms with Crippen LogP contribution in [-0.4, -0.2) is 23.5 Å². The summed E-state index contributed by atoms with van der Waals surface area (Å²) < 4.78 is 0. The first-order chi connectivity index (χ1) is 6.75. The molecule has 2 heterocycles. The predicted octanol–water partition coefficient (Wildman–Crippen LogP) is 1.04. The summed E-state index contributed by atoms with van der Waals surface area (Å²) in [4.78, 5) is 14.8. The van der Waals surface area contributed by atoms with Crippen LogP contribution in [0.4, 0.5) is 5.69 Å². The SMILES string of the molecule is O=C1CC(Nc2ccncc2Cl)CN1. The van der Waals surface area contributed by atoms with Gasteiger partial charge in [-0.3, -0.25) is 9.78 Å². The number of hydrogen-bond acceptors (Lipinski definition) is 3. The van der Waals surface area contributed by atoms with E-state index in [0.717, 1.165) is 5.69 Å². The van der Waals surface area contributed by atoms with Crippen LogP contribution >= 0.6 is 11.6 Å². The molecule has 1 aromatic rings. The minimum atomic E-state index is 0.0766. The number of rotatable bonds is 2. The third-order valence-electron chi connectivity index (χ3n) is 2.11. The molecule has 0 aromatic carbocycles. The van der Waals surface area contributed by atoms with E-state index in [1.807, 2.05) is 0 Å². The molecule has 0 bridgehead atoms. The second-order valence-electron chi connectivity index (χ2n) is 3.20. The number of pyridine rings is 1. The first-order valence-electron chi connectivity index (χ1n) is 4.38. The number of hydrogen-bond donors (Lipinski definition) is 2. The Bertz CT molecular complexity index is 356. The Hall–Kier alpha value is -1.29. The highest BCUT2D eigenvalue weighted by Crippen LogP contribution is 2.21. The van der Waals surface area contributed by atoms with E-state index in [1.165, 1.54) is 0 Å². The van der Waals surface area contributed by atoms with Gasteiger partial charge in [-0.25, -0.2) is 0 Å². The molecule has 5 heteroatoms. The fourth-order valence-corrected chi connectivity index (χ4v) is 1.59. The molecule has 1 aliphatic heterocycles. The van der Waals surface area contributed by atoms with Crippen molar-refractivity contribution in [2.45, 2.75) is 12.5 Å². The molecule has 0 aliphatic carbocycles. The van der Waals surface area contributed by atoms with Crippen molar-refractivity contribution >= 4 is 23.2 Å². The maximum Gasteiger partial charge on any atom is 0.222 e. The monoisotopic (exact) mass is 211 g/mol. The highest BCUT2D eigenvalue weighted by molar-refractivity contribution is 6.33. The Balaban J connectivity index is 2.04. The number of carbonyl (C=O) groups is 1. The molecule has 2 rings (SSSR count). The quantitative estimate of drug-likeness (QED) is 0.769. The van der Waals surface area contributed by atoms with Crippen LogP contribution in [0.15, 0.2) is 18.5 Å². The van der Waals surface area contributed by atoms with Gasteiger partial charge in [0.1, 0.15) is 0 Å². The summed E-state index contributed by atoms with van der Waals surface area (Å²) in [7, 11) is 0. The van der Waals surface area contributed by atoms with E-state index in [1.54, 1.807) is 18.5 Å². The molecule has 4 nitrogen and oxygen atoms in total. The highest BCUT2D eigenvalue weighted by atomic mass is 35.5. The van der Waals surface area contributed by atoms with E-state index in [4.69, 9.17) is 11.6 Å². The van der Waals surface area contributed by atoms with Crippen LogP contribution in [0.3, 0.4) is 0 Å². The van der Waals surface area contributed by atoms with Crippen LogP contribution in [0.5, 0.6) is 0 Å². The number of aromatic nitrogens is 1. The van der Waals surface area contributed by atoms with Gasteiger partial charge in [-0.15, -0.1) is 0 Å². The standard InChI is InChI=1S/C9H10ClN3O/c10-7-5-11-2-1-8(7)13-6-3-9(14)12-4-6/h1-2,5-6H,3-4H2,(H,11,13)(H,12,14). The Morgan fingerprint density at radius 1 is 1.64 bits per heavy atom. The van der Waals surface area contributed by atoms with E-state index >= 15 is 0 Å². The van der Waals surface area contributed by atoms with Crippen LogP contribution in [-0.2, 0) is 4.79 Å². The average Bonchev–Trinajstić information content (AvgIpc) is 2.56. The third-order valence-corrected chi connectivity index (χ3v) is 2.41. The van der Waals surface area contributed by atoms with Gasteiger partial charge in [0.25, 0.3) is 0 Å². The first-order valence-corrected chi connectivity index (χ1v) is 4.76. The summed E-state index contributed by atoms with van der Waals surface area (Å²) in [6.07, 6.45) is 3.74. The molecule has 1 atom stereocenters. The van der Waals surface area contributed by atoms with Crippen molar-refractivity contribution in [3.63, 3.8) is 0 Å². The summed E-state index contributed by atoms with van der Waals surface area (Å²) >= 11 is 5.91. The van der Waals surface area contributed by atoms with E-state index in [9.17, 15) is 4.79 Å². The number of halogens is 1. The highest BCUT2D eigenvalue weighted by Gasteiger charge is 2.21. The lowest BCUT2D eigenvalue weighted by Gasteiger charge is -2.12. The van der Waals surface area contributed by atoms with Gasteiger partial charge < -0.3 is 10.6 Å². The van der Waals surface area contributed by atoms with Crippen molar-refractivity contribution in [3.05, 3.63) is 23.5 Å². The minimum absolute atomic E-state index is 0.0766. The molecule has 0 radical (unpaired) electrons. The Labute approximate surface area is 86.7 Å². The molecular formula is C9H10ClN3O. The largest absolute Gasteiger partial charge is 0.379 e. The number of carbonyl (C=O) groups excluding carboxylic acids is 1. The van der Waals surface area contributed by atoms with Gasteiger partial charge in [0, 0.05) is 25.4 Å². The first kappa shape index (κ1) is 9.27. The predicted molar refractivity (Wildman–Crippen MR) is 54.3 cm³/mol. The van der Waals surface area contributed by atoms with Crippen molar-refractivity contribution in [3.8, 4) is 0 Å². The Morgan fingerprint density at radius 3 is 3.14 bits per heavy atom. The topological polar surface area (TPSA) is 54.0 Å². The summed E-state index contributed by atoms with van der Waals surface area (Å²) in [5.74, 6) is 0.0766. The van der Waals surface area contributed by atoms with Gasteiger partial charge in [0.05, 0.1) is 16.8 Å². The van der Waals surface area contributed by atoms with Crippen LogP contribution in [0, 0.1) is 0 Å². The number of nitrogens with one attached hydrogen (secondary N) is 2. The van der Waals surface area contributed by atoms with Gasteiger partial charge in [-0.2, -0.15) is 0 Å². The zero-order valence-corrected chi connectivity index (χ0v) is 8.21. The molecule has 1 saturated heterocycles. The van der Waals surface area contributed by atoms with Crippen molar-refractivity contribution in [2.24, 2.45) is 0 Å². The molecule has 2 N–H and O–H groups in total. The summed E-state index contributed by atoms with van der Waals surface area (Å²) in [6, 6.07) is 1.92. The molecule has 1 amide bonds. The van der Waals surface area contributed by atoms with Gasteiger partial charge in [-0.05, 0) is 6.07 Å². The maximum absolute atomic E-state index is 10.9. The molecule has 0 saturated carbocycles. The summed E-state index contributed by atoms with van der Waals surface area (Å²) in [5.41, 5.74) is 0.822. The van der Waals surface area contributed by atoms with Crippen LogP contribution in [0.1, 0.15) is 6.42 Å². The molecule has 1 aliphatic rings. The van der Waals surface area contributed by atoms with Gasteiger partial charge in [0.2, 0.25) is 5.91 Å².